The number of hydrogen-bond donors (Lipinski definition) is 0. The number of piperidine rings is 1. The van der Waals surface area contributed by atoms with Gasteiger partial charge in [-0.15, -0.1) is 10.2 Å². The van der Waals surface area contributed by atoms with Crippen molar-refractivity contribution in [3.05, 3.63) is 24.3 Å². The van der Waals surface area contributed by atoms with Crippen LogP contribution in [-0.4, -0.2) is 51.5 Å². The largest absolute Gasteiger partial charge is 0.497 e. The molecule has 1 aliphatic heterocycles. The molecule has 30 heavy (non-hydrogen) atoms. The summed E-state index contributed by atoms with van der Waals surface area (Å²) >= 11 is 1.54. The van der Waals surface area contributed by atoms with E-state index in [1.54, 1.807) is 18.9 Å². The zero-order valence-corrected chi connectivity index (χ0v) is 18.9. The van der Waals surface area contributed by atoms with Crippen LogP contribution >= 0.6 is 11.8 Å². The topological polar surface area (TPSA) is 60.3 Å². The Bertz CT molecular complexity index is 845. The average Bonchev–Trinajstić information content (AvgIpc) is 3.22. The van der Waals surface area contributed by atoms with Gasteiger partial charge in [0.2, 0.25) is 5.91 Å². The van der Waals surface area contributed by atoms with Crippen LogP contribution in [0.5, 0.6) is 5.75 Å². The van der Waals surface area contributed by atoms with Crippen molar-refractivity contribution in [3.63, 3.8) is 0 Å². The van der Waals surface area contributed by atoms with Gasteiger partial charge in [-0.25, -0.2) is 0 Å². The predicted octanol–water partition coefficient (Wildman–Crippen LogP) is 4.81. The van der Waals surface area contributed by atoms with E-state index in [0.717, 1.165) is 54.6 Å². The number of hydrogen-bond acceptors (Lipinski definition) is 5. The van der Waals surface area contributed by atoms with Crippen LogP contribution in [0, 0.1) is 5.92 Å². The first kappa shape index (κ1) is 21.2. The second-order valence-corrected chi connectivity index (χ2v) is 9.41. The molecular weight excluding hydrogens is 396 g/mol. The van der Waals surface area contributed by atoms with E-state index in [2.05, 4.69) is 21.7 Å². The summed E-state index contributed by atoms with van der Waals surface area (Å²) in [6.45, 7) is 4.11. The molecule has 1 saturated heterocycles. The van der Waals surface area contributed by atoms with Gasteiger partial charge in [-0.3, -0.25) is 9.36 Å². The summed E-state index contributed by atoms with van der Waals surface area (Å²) in [7, 11) is 1.68. The molecule has 2 aromatic rings. The van der Waals surface area contributed by atoms with E-state index in [1.165, 1.54) is 25.7 Å². The summed E-state index contributed by atoms with van der Waals surface area (Å²) in [6.07, 6.45) is 8.34. The number of rotatable bonds is 6. The zero-order valence-electron chi connectivity index (χ0n) is 18.0. The maximum absolute atomic E-state index is 12.7. The lowest BCUT2D eigenvalue weighted by Crippen LogP contribution is -2.36. The van der Waals surface area contributed by atoms with Crippen molar-refractivity contribution in [1.29, 1.82) is 0 Å². The molecule has 1 aliphatic carbocycles. The summed E-state index contributed by atoms with van der Waals surface area (Å²) < 4.78 is 7.61. The molecule has 0 unspecified atom stereocenters. The fourth-order valence-electron chi connectivity index (χ4n) is 4.65. The Hall–Kier alpha value is -2.02. The van der Waals surface area contributed by atoms with Gasteiger partial charge in [0.05, 0.1) is 12.9 Å². The van der Waals surface area contributed by atoms with Crippen LogP contribution in [0.2, 0.25) is 0 Å². The number of methoxy groups -OCH3 is 1. The molecule has 6 nitrogen and oxygen atoms in total. The van der Waals surface area contributed by atoms with Crippen LogP contribution in [0.4, 0.5) is 0 Å². The molecule has 0 bridgehead atoms. The number of thioether (sulfide) groups is 1. The Labute approximate surface area is 183 Å². The minimum atomic E-state index is 0.219. The monoisotopic (exact) mass is 428 g/mol. The number of aromatic nitrogens is 3. The minimum Gasteiger partial charge on any atom is -0.497 e. The molecule has 7 heteroatoms. The summed E-state index contributed by atoms with van der Waals surface area (Å²) in [5, 5.41) is 9.97. The third kappa shape index (κ3) is 4.66. The molecule has 1 amide bonds. The van der Waals surface area contributed by atoms with Gasteiger partial charge in [-0.05, 0) is 62.3 Å². The lowest BCUT2D eigenvalue weighted by Gasteiger charge is -2.31. The van der Waals surface area contributed by atoms with E-state index in [4.69, 9.17) is 4.74 Å². The molecule has 2 atom stereocenters. The number of amides is 1. The molecule has 2 aliphatic rings. The minimum absolute atomic E-state index is 0.219. The van der Waals surface area contributed by atoms with E-state index in [9.17, 15) is 4.79 Å². The number of nitrogens with zero attached hydrogens (tertiary/aromatic N) is 4. The Balaban J connectivity index is 1.59. The van der Waals surface area contributed by atoms with E-state index in [-0.39, 0.29) is 5.91 Å². The molecule has 1 aromatic carbocycles. The van der Waals surface area contributed by atoms with Gasteiger partial charge < -0.3 is 9.64 Å². The number of likely N-dealkylation sites (tertiary alicyclic amines) is 1. The normalized spacial score (nSPS) is 22.1. The number of carbonyl (C=O) groups is 1. The maximum Gasteiger partial charge on any atom is 0.233 e. The van der Waals surface area contributed by atoms with E-state index >= 15 is 0 Å². The van der Waals surface area contributed by atoms with Gasteiger partial charge in [0, 0.05) is 24.7 Å². The second kappa shape index (κ2) is 9.86. The Kier molecular flexibility index (Phi) is 6.97. The highest BCUT2D eigenvalue weighted by atomic mass is 32.2. The molecular formula is C23H32N4O2S. The summed E-state index contributed by atoms with van der Waals surface area (Å²) in [4.78, 5) is 14.7. The molecule has 2 heterocycles. The van der Waals surface area contributed by atoms with Crippen LogP contribution in [0.1, 0.15) is 57.9 Å². The Morgan fingerprint density at radius 1 is 1.07 bits per heavy atom. The molecule has 0 spiro atoms. The molecule has 0 N–H and O–H groups in total. The first-order valence-corrected chi connectivity index (χ1v) is 12.2. The van der Waals surface area contributed by atoms with Crippen LogP contribution in [0.25, 0.3) is 11.4 Å². The molecule has 1 aromatic heterocycles. The van der Waals surface area contributed by atoms with Gasteiger partial charge in [-0.1, -0.05) is 31.5 Å². The van der Waals surface area contributed by atoms with Crippen molar-refractivity contribution in [3.8, 4) is 17.1 Å². The SMILES string of the molecule is COc1ccc(-c2nnc(SCC(=O)N3CCCCC3)n2[C@@H]2CCCC[C@H]2C)cc1. The van der Waals surface area contributed by atoms with Gasteiger partial charge >= 0.3 is 0 Å². The third-order valence-corrected chi connectivity index (χ3v) is 7.37. The molecule has 1 saturated carbocycles. The van der Waals surface area contributed by atoms with Gasteiger partial charge in [0.1, 0.15) is 5.75 Å². The highest BCUT2D eigenvalue weighted by Crippen LogP contribution is 2.39. The first-order valence-electron chi connectivity index (χ1n) is 11.2. The average molecular weight is 429 g/mol. The van der Waals surface area contributed by atoms with E-state index < -0.39 is 0 Å². The number of ether oxygens (including phenoxy) is 1. The summed E-state index contributed by atoms with van der Waals surface area (Å²) in [6, 6.07) is 8.38. The molecule has 2 fully saturated rings. The zero-order chi connectivity index (χ0) is 20.9. The van der Waals surface area contributed by atoms with Crippen molar-refractivity contribution >= 4 is 17.7 Å². The first-order chi connectivity index (χ1) is 14.7. The van der Waals surface area contributed by atoms with Crippen molar-refractivity contribution in [2.75, 3.05) is 26.0 Å². The predicted molar refractivity (Wildman–Crippen MR) is 120 cm³/mol. The molecule has 162 valence electrons. The van der Waals surface area contributed by atoms with Crippen molar-refractivity contribution in [2.24, 2.45) is 5.92 Å². The summed E-state index contributed by atoms with van der Waals surface area (Å²) in [5.41, 5.74) is 1.04. The van der Waals surface area contributed by atoms with Crippen LogP contribution in [0.15, 0.2) is 29.4 Å². The fraction of sp³-hybridized carbons (Fsp3) is 0.609. The third-order valence-electron chi connectivity index (χ3n) is 6.44. The highest BCUT2D eigenvalue weighted by molar-refractivity contribution is 7.99. The van der Waals surface area contributed by atoms with Crippen LogP contribution < -0.4 is 4.74 Å². The summed E-state index contributed by atoms with van der Waals surface area (Å²) in [5.74, 6) is 2.95. The van der Waals surface area contributed by atoms with Gasteiger partial charge in [0.15, 0.2) is 11.0 Å². The Morgan fingerprint density at radius 2 is 1.80 bits per heavy atom. The highest BCUT2D eigenvalue weighted by Gasteiger charge is 2.29. The molecule has 0 radical (unpaired) electrons. The second-order valence-electron chi connectivity index (χ2n) is 8.46. The number of carbonyl (C=O) groups excluding carboxylic acids is 1. The smallest absolute Gasteiger partial charge is 0.233 e. The maximum atomic E-state index is 12.7. The van der Waals surface area contributed by atoms with Gasteiger partial charge in [0.25, 0.3) is 0 Å². The number of benzene rings is 1. The van der Waals surface area contributed by atoms with Crippen molar-refractivity contribution in [1.82, 2.24) is 19.7 Å². The Morgan fingerprint density at radius 3 is 2.50 bits per heavy atom. The van der Waals surface area contributed by atoms with Crippen LogP contribution in [0.3, 0.4) is 0 Å². The van der Waals surface area contributed by atoms with Gasteiger partial charge in [-0.2, -0.15) is 0 Å². The van der Waals surface area contributed by atoms with E-state index in [0.29, 0.717) is 17.7 Å². The van der Waals surface area contributed by atoms with E-state index in [1.807, 2.05) is 29.2 Å². The standard InChI is InChI=1S/C23H32N4O2S/c1-17-8-4-5-9-20(17)27-22(18-10-12-19(29-2)13-11-18)24-25-23(27)30-16-21(28)26-14-6-3-7-15-26/h10-13,17,20H,3-9,14-16H2,1-2H3/t17-,20-/m1/s1. The lowest BCUT2D eigenvalue weighted by molar-refractivity contribution is -0.129. The van der Waals surface area contributed by atoms with Crippen molar-refractivity contribution < 1.29 is 9.53 Å². The fourth-order valence-corrected chi connectivity index (χ4v) is 5.55. The molecule has 4 rings (SSSR count). The lowest BCUT2D eigenvalue weighted by atomic mass is 9.85. The van der Waals surface area contributed by atoms with Crippen LogP contribution in [-0.2, 0) is 4.79 Å². The van der Waals surface area contributed by atoms with Crippen molar-refractivity contribution in [2.45, 2.75) is 63.1 Å². The quantitative estimate of drug-likeness (QED) is 0.618.